The monoisotopic (exact) mass is 407 g/mol. The first kappa shape index (κ1) is 22.0. The van der Waals surface area contributed by atoms with Crippen molar-refractivity contribution in [3.63, 3.8) is 0 Å². The van der Waals surface area contributed by atoms with Crippen molar-refractivity contribution < 1.29 is 23.1 Å². The summed E-state index contributed by atoms with van der Waals surface area (Å²) in [6.45, 7) is 1.87. The number of benzene rings is 1. The van der Waals surface area contributed by atoms with Crippen molar-refractivity contribution in [1.82, 2.24) is 14.0 Å². The van der Waals surface area contributed by atoms with Crippen LogP contribution in [0.1, 0.15) is 18.2 Å². The maximum atomic E-state index is 12.5. The van der Waals surface area contributed by atoms with Crippen molar-refractivity contribution in [3.8, 4) is 0 Å². The summed E-state index contributed by atoms with van der Waals surface area (Å²) in [4.78, 5) is 15.7. The fraction of sp³-hybridized carbons (Fsp3) is 0.368. The fourth-order valence-electron chi connectivity index (χ4n) is 2.43. The Morgan fingerprint density at radius 3 is 2.50 bits per heavy atom. The molecule has 9 heteroatoms. The Kier molecular flexibility index (Phi) is 8.06. The van der Waals surface area contributed by atoms with Crippen LogP contribution in [0.2, 0.25) is 0 Å². The number of carboxylic acid groups (broad SMARTS) is 1. The number of rotatable bonds is 11. The van der Waals surface area contributed by atoms with Crippen LogP contribution >= 0.6 is 0 Å². The summed E-state index contributed by atoms with van der Waals surface area (Å²) in [5.41, 5.74) is 1.62. The van der Waals surface area contributed by atoms with Crippen molar-refractivity contribution in [2.45, 2.75) is 32.1 Å². The highest BCUT2D eigenvalue weighted by Crippen LogP contribution is 2.09. The molecule has 0 spiro atoms. The molecule has 8 nitrogen and oxygen atoms in total. The lowest BCUT2D eigenvalue weighted by Crippen LogP contribution is -2.52. The van der Waals surface area contributed by atoms with E-state index in [1.807, 2.05) is 36.4 Å². The number of hydrogen-bond donors (Lipinski definition) is 2. The summed E-state index contributed by atoms with van der Waals surface area (Å²) in [6, 6.07) is 13.2. The van der Waals surface area contributed by atoms with Crippen LogP contribution in [0.3, 0.4) is 0 Å². The molecule has 1 aromatic carbocycles. The van der Waals surface area contributed by atoms with Crippen LogP contribution in [0.5, 0.6) is 0 Å². The number of ether oxygens (including phenoxy) is 1. The first-order valence-electron chi connectivity index (χ1n) is 8.81. The van der Waals surface area contributed by atoms with Crippen molar-refractivity contribution in [3.05, 3.63) is 66.0 Å². The Morgan fingerprint density at radius 2 is 1.89 bits per heavy atom. The van der Waals surface area contributed by atoms with Crippen molar-refractivity contribution in [1.29, 1.82) is 0 Å². The topological polar surface area (TPSA) is 109 Å². The van der Waals surface area contributed by atoms with Gasteiger partial charge >= 0.3 is 5.97 Å². The Hall–Kier alpha value is -2.33. The van der Waals surface area contributed by atoms with Gasteiger partial charge in [0.1, 0.15) is 6.04 Å². The molecule has 0 unspecified atom stereocenters. The molecule has 2 atom stereocenters. The average Bonchev–Trinajstić information content (AvgIpc) is 2.69. The molecule has 1 aromatic heterocycles. The number of carboxylic acids is 1. The molecule has 1 heterocycles. The largest absolute Gasteiger partial charge is 0.480 e. The van der Waals surface area contributed by atoms with E-state index in [-0.39, 0.29) is 13.2 Å². The van der Waals surface area contributed by atoms with Gasteiger partial charge in [-0.2, -0.15) is 17.4 Å². The minimum Gasteiger partial charge on any atom is -0.480 e. The van der Waals surface area contributed by atoms with Crippen LogP contribution in [0.25, 0.3) is 0 Å². The molecule has 0 aliphatic rings. The number of pyridine rings is 1. The number of likely N-dealkylation sites (N-methyl/N-ethyl adjacent to an activating group) is 1. The van der Waals surface area contributed by atoms with E-state index in [0.717, 1.165) is 15.6 Å². The second kappa shape index (κ2) is 10.3. The molecular weight excluding hydrogens is 382 g/mol. The van der Waals surface area contributed by atoms with Crippen molar-refractivity contribution >= 4 is 16.2 Å². The van der Waals surface area contributed by atoms with Gasteiger partial charge < -0.3 is 9.84 Å². The standard InChI is InChI=1S/C19H25N3O5S/c1-15(27-14-16-8-4-3-5-9-16)18(19(23)24)21-28(25,26)22(2)13-11-17-10-6-7-12-20-17/h3-10,12,15,18,21H,11,13-14H2,1-2H3,(H,23,24)/t15-,18+/m1/s1. The third-order valence-electron chi connectivity index (χ3n) is 4.19. The molecule has 0 radical (unpaired) electrons. The summed E-state index contributed by atoms with van der Waals surface area (Å²) in [7, 11) is -2.62. The van der Waals surface area contributed by atoms with Gasteiger partial charge in [-0.05, 0) is 24.6 Å². The summed E-state index contributed by atoms with van der Waals surface area (Å²) < 4.78 is 33.9. The van der Waals surface area contributed by atoms with Crippen LogP contribution < -0.4 is 4.72 Å². The van der Waals surface area contributed by atoms with Crippen LogP contribution in [0.4, 0.5) is 0 Å². The van der Waals surface area contributed by atoms with Gasteiger partial charge in [-0.25, -0.2) is 0 Å². The van der Waals surface area contributed by atoms with E-state index in [1.165, 1.54) is 14.0 Å². The number of nitrogens with one attached hydrogen (secondary N) is 1. The summed E-state index contributed by atoms with van der Waals surface area (Å²) in [5.74, 6) is -1.30. The molecule has 2 aromatic rings. The molecule has 0 aliphatic carbocycles. The zero-order chi connectivity index (χ0) is 20.6. The first-order chi connectivity index (χ1) is 13.3. The lowest BCUT2D eigenvalue weighted by atomic mass is 10.2. The highest BCUT2D eigenvalue weighted by Gasteiger charge is 2.32. The predicted molar refractivity (Wildman–Crippen MR) is 105 cm³/mol. The molecule has 2 N–H and O–H groups in total. The summed E-state index contributed by atoms with van der Waals surface area (Å²) >= 11 is 0. The first-order valence-corrected chi connectivity index (χ1v) is 10.3. The Bertz CT molecular complexity index is 846. The van der Waals surface area contributed by atoms with E-state index in [2.05, 4.69) is 9.71 Å². The highest BCUT2D eigenvalue weighted by molar-refractivity contribution is 7.87. The number of carbonyl (C=O) groups is 1. The summed E-state index contributed by atoms with van der Waals surface area (Å²) in [5, 5.41) is 9.46. The molecule has 0 aliphatic heterocycles. The van der Waals surface area contributed by atoms with E-state index < -0.39 is 28.3 Å². The lowest BCUT2D eigenvalue weighted by Gasteiger charge is -2.25. The summed E-state index contributed by atoms with van der Waals surface area (Å²) in [6.07, 6.45) is 1.18. The SMILES string of the molecule is C[C@@H](OCc1ccccc1)[C@H](NS(=O)(=O)N(C)CCc1ccccn1)C(=O)O. The van der Waals surface area contributed by atoms with E-state index in [9.17, 15) is 18.3 Å². The third-order valence-corrected chi connectivity index (χ3v) is 5.74. The van der Waals surface area contributed by atoms with Gasteiger partial charge in [-0.1, -0.05) is 36.4 Å². The molecule has 0 saturated carbocycles. The van der Waals surface area contributed by atoms with Crippen LogP contribution in [-0.2, 0) is 32.8 Å². The van der Waals surface area contributed by atoms with E-state index >= 15 is 0 Å². The number of nitrogens with zero attached hydrogens (tertiary/aromatic N) is 2. The normalized spacial score (nSPS) is 14.0. The lowest BCUT2D eigenvalue weighted by molar-refractivity contribution is -0.143. The van der Waals surface area contributed by atoms with Crippen LogP contribution in [-0.4, -0.2) is 54.5 Å². The molecule has 0 bridgehead atoms. The number of hydrogen-bond acceptors (Lipinski definition) is 5. The van der Waals surface area contributed by atoms with Gasteiger partial charge in [0.15, 0.2) is 0 Å². The van der Waals surface area contributed by atoms with Gasteiger partial charge in [0.05, 0.1) is 12.7 Å². The maximum Gasteiger partial charge on any atom is 0.324 e. The van der Waals surface area contributed by atoms with Gasteiger partial charge in [0.25, 0.3) is 10.2 Å². The van der Waals surface area contributed by atoms with Crippen LogP contribution in [0, 0.1) is 0 Å². The molecule has 0 saturated heterocycles. The quantitative estimate of drug-likeness (QED) is 0.584. The van der Waals surface area contributed by atoms with Gasteiger partial charge in [0, 0.05) is 31.9 Å². The van der Waals surface area contributed by atoms with E-state index in [1.54, 1.807) is 18.3 Å². The Balaban J connectivity index is 1.95. The van der Waals surface area contributed by atoms with Gasteiger partial charge in [-0.15, -0.1) is 0 Å². The smallest absolute Gasteiger partial charge is 0.324 e. The average molecular weight is 407 g/mol. The molecular formula is C19H25N3O5S. The van der Waals surface area contributed by atoms with Crippen molar-refractivity contribution in [2.24, 2.45) is 0 Å². The second-order valence-corrected chi connectivity index (χ2v) is 8.14. The number of aliphatic carboxylic acids is 1. The fourth-order valence-corrected chi connectivity index (χ4v) is 3.56. The van der Waals surface area contributed by atoms with Crippen LogP contribution in [0.15, 0.2) is 54.7 Å². The highest BCUT2D eigenvalue weighted by atomic mass is 32.2. The maximum absolute atomic E-state index is 12.5. The zero-order valence-corrected chi connectivity index (χ0v) is 16.7. The Morgan fingerprint density at radius 1 is 1.21 bits per heavy atom. The van der Waals surface area contributed by atoms with E-state index in [0.29, 0.717) is 6.42 Å². The minimum absolute atomic E-state index is 0.165. The third kappa shape index (κ3) is 6.68. The second-order valence-electron chi connectivity index (χ2n) is 6.33. The predicted octanol–water partition coefficient (Wildman–Crippen LogP) is 1.45. The molecule has 28 heavy (non-hydrogen) atoms. The molecule has 152 valence electrons. The number of aromatic nitrogens is 1. The van der Waals surface area contributed by atoms with E-state index in [4.69, 9.17) is 4.74 Å². The Labute approximate surface area is 165 Å². The van der Waals surface area contributed by atoms with Gasteiger partial charge in [-0.3, -0.25) is 9.78 Å². The minimum atomic E-state index is -4.01. The molecule has 0 fully saturated rings. The zero-order valence-electron chi connectivity index (χ0n) is 15.9. The van der Waals surface area contributed by atoms with Gasteiger partial charge in [0.2, 0.25) is 0 Å². The molecule has 2 rings (SSSR count). The van der Waals surface area contributed by atoms with Crippen molar-refractivity contribution in [2.75, 3.05) is 13.6 Å². The molecule has 0 amide bonds.